The van der Waals surface area contributed by atoms with E-state index in [1.54, 1.807) is 11.3 Å². The van der Waals surface area contributed by atoms with Gasteiger partial charge in [0, 0.05) is 12.6 Å². The van der Waals surface area contributed by atoms with Crippen molar-refractivity contribution in [3.05, 3.63) is 59.1 Å². The lowest BCUT2D eigenvalue weighted by molar-refractivity contribution is -0.114. The molecule has 5 heteroatoms. The minimum atomic E-state index is -0.0872. The minimum absolute atomic E-state index is 0.0872. The number of nitrogens with one attached hydrogen (secondary N) is 1. The first-order valence-corrected chi connectivity index (χ1v) is 7.92. The first-order chi connectivity index (χ1) is 10.6. The molecule has 1 amide bonds. The van der Waals surface area contributed by atoms with E-state index in [2.05, 4.69) is 10.3 Å². The Bertz CT molecular complexity index is 819. The topological polar surface area (TPSA) is 42.0 Å². The molecular formula is C17H13ClN2OS. The molecule has 0 atom stereocenters. The lowest BCUT2D eigenvalue weighted by Gasteiger charge is -2.02. The normalized spacial score (nSPS) is 11.6. The summed E-state index contributed by atoms with van der Waals surface area (Å²) in [4.78, 5) is 15.5. The van der Waals surface area contributed by atoms with Crippen molar-refractivity contribution >= 4 is 55.9 Å². The maximum Gasteiger partial charge on any atom is 0.221 e. The van der Waals surface area contributed by atoms with Gasteiger partial charge in [0.25, 0.3) is 0 Å². The van der Waals surface area contributed by atoms with Gasteiger partial charge in [0.2, 0.25) is 5.91 Å². The molecule has 0 saturated heterocycles. The van der Waals surface area contributed by atoms with E-state index in [-0.39, 0.29) is 5.91 Å². The summed E-state index contributed by atoms with van der Waals surface area (Å²) in [6, 6.07) is 15.4. The van der Waals surface area contributed by atoms with Crippen molar-refractivity contribution in [3.8, 4) is 0 Å². The Morgan fingerprint density at radius 2 is 1.91 bits per heavy atom. The number of halogens is 1. The van der Waals surface area contributed by atoms with Gasteiger partial charge in [0.05, 0.1) is 15.2 Å². The molecule has 2 aromatic carbocycles. The van der Waals surface area contributed by atoms with Gasteiger partial charge in [-0.25, -0.2) is 4.98 Å². The second-order valence-electron chi connectivity index (χ2n) is 4.78. The van der Waals surface area contributed by atoms with E-state index in [9.17, 15) is 4.79 Å². The first kappa shape index (κ1) is 14.8. The highest BCUT2D eigenvalue weighted by molar-refractivity contribution is 7.20. The highest BCUT2D eigenvalue weighted by Crippen LogP contribution is 2.30. The molecule has 0 aliphatic heterocycles. The number of para-hydroxylation sites is 1. The molecule has 0 aliphatic carbocycles. The number of fused-ring (bicyclic) bond motifs is 1. The summed E-state index contributed by atoms with van der Waals surface area (Å²) in [6.45, 7) is 1.48. The Balaban J connectivity index is 1.85. The van der Waals surface area contributed by atoms with Crippen LogP contribution in [0.1, 0.15) is 17.5 Å². The molecule has 1 heterocycles. The number of rotatable bonds is 3. The molecule has 3 aromatic rings. The molecule has 0 unspecified atom stereocenters. The molecule has 110 valence electrons. The summed E-state index contributed by atoms with van der Waals surface area (Å²) >= 11 is 7.94. The lowest BCUT2D eigenvalue weighted by atomic mass is 10.2. The Kier molecular flexibility index (Phi) is 4.22. The summed E-state index contributed by atoms with van der Waals surface area (Å²) in [5.41, 5.74) is 2.68. The van der Waals surface area contributed by atoms with Gasteiger partial charge < -0.3 is 5.32 Å². The molecule has 1 aromatic heterocycles. The Hall–Kier alpha value is -2.17. The molecule has 0 fully saturated rings. The number of carbonyl (C=O) groups is 1. The molecular weight excluding hydrogens is 316 g/mol. The number of aromatic nitrogens is 1. The molecule has 0 aliphatic rings. The van der Waals surface area contributed by atoms with Crippen LogP contribution in [0.3, 0.4) is 0 Å². The molecule has 1 N–H and O–H groups in total. The third-order valence-electron chi connectivity index (χ3n) is 3.02. The van der Waals surface area contributed by atoms with Crippen molar-refractivity contribution in [1.82, 2.24) is 4.98 Å². The number of benzene rings is 2. The van der Waals surface area contributed by atoms with E-state index >= 15 is 0 Å². The molecule has 22 heavy (non-hydrogen) atoms. The van der Waals surface area contributed by atoms with Gasteiger partial charge in [-0.2, -0.15) is 0 Å². The smallest absolute Gasteiger partial charge is 0.221 e. The fourth-order valence-corrected chi connectivity index (χ4v) is 3.21. The van der Waals surface area contributed by atoms with Crippen molar-refractivity contribution < 1.29 is 4.79 Å². The predicted molar refractivity (Wildman–Crippen MR) is 94.1 cm³/mol. The van der Waals surface area contributed by atoms with Gasteiger partial charge in [-0.3, -0.25) is 4.79 Å². The van der Waals surface area contributed by atoms with Crippen molar-refractivity contribution in [2.75, 3.05) is 5.32 Å². The molecule has 0 saturated carbocycles. The van der Waals surface area contributed by atoms with E-state index in [0.717, 1.165) is 26.5 Å². The highest BCUT2D eigenvalue weighted by Gasteiger charge is 2.06. The summed E-state index contributed by atoms with van der Waals surface area (Å²) in [5, 5.41) is 4.14. The van der Waals surface area contributed by atoms with Gasteiger partial charge in [0.1, 0.15) is 5.01 Å². The molecule has 0 spiro atoms. The first-order valence-electron chi connectivity index (χ1n) is 6.72. The van der Waals surface area contributed by atoms with Crippen LogP contribution in [0.5, 0.6) is 0 Å². The quantitative estimate of drug-likeness (QED) is 0.735. The van der Waals surface area contributed by atoms with E-state index in [0.29, 0.717) is 5.03 Å². The number of thiazole rings is 1. The monoisotopic (exact) mass is 328 g/mol. The molecule has 0 bridgehead atoms. The summed E-state index contributed by atoms with van der Waals surface area (Å²) in [5.74, 6) is -0.0872. The zero-order chi connectivity index (χ0) is 15.5. The average molecular weight is 329 g/mol. The number of hydrogen-bond acceptors (Lipinski definition) is 3. The van der Waals surface area contributed by atoms with Gasteiger partial charge in [-0.1, -0.05) is 35.9 Å². The van der Waals surface area contributed by atoms with E-state index in [1.165, 1.54) is 6.92 Å². The van der Waals surface area contributed by atoms with E-state index < -0.39 is 0 Å². The number of carbonyl (C=O) groups excluding carboxylic acids is 1. The van der Waals surface area contributed by atoms with Gasteiger partial charge >= 0.3 is 0 Å². The average Bonchev–Trinajstić information content (AvgIpc) is 2.93. The van der Waals surface area contributed by atoms with Crippen LogP contribution in [0.4, 0.5) is 5.69 Å². The maximum atomic E-state index is 11.0. The number of nitrogens with zero attached hydrogens (tertiary/aromatic N) is 1. The third-order valence-corrected chi connectivity index (χ3v) is 4.49. The Morgan fingerprint density at radius 3 is 2.59 bits per heavy atom. The standard InChI is InChI=1S/C17H13ClN2OS/c1-11(21)19-13-8-6-12(7-9-13)10-14(18)17-20-15-4-2-3-5-16(15)22-17/h2-10H,1H3,(H,19,21)/b14-10-. The van der Waals surface area contributed by atoms with Crippen molar-refractivity contribution in [2.24, 2.45) is 0 Å². The van der Waals surface area contributed by atoms with Crippen LogP contribution in [0.25, 0.3) is 21.3 Å². The predicted octanol–water partition coefficient (Wildman–Crippen LogP) is 4.99. The fraction of sp³-hybridized carbons (Fsp3) is 0.0588. The SMILES string of the molecule is CC(=O)Nc1ccc(/C=C(\Cl)c2nc3ccccc3s2)cc1. The van der Waals surface area contributed by atoms with E-state index in [4.69, 9.17) is 11.6 Å². The number of hydrogen-bond donors (Lipinski definition) is 1. The third kappa shape index (κ3) is 3.35. The zero-order valence-electron chi connectivity index (χ0n) is 11.8. The van der Waals surface area contributed by atoms with E-state index in [1.807, 2.05) is 54.6 Å². The van der Waals surface area contributed by atoms with Crippen LogP contribution >= 0.6 is 22.9 Å². The fourth-order valence-electron chi connectivity index (χ4n) is 2.05. The van der Waals surface area contributed by atoms with Crippen LogP contribution in [-0.2, 0) is 4.79 Å². The Labute approximate surface area is 137 Å². The van der Waals surface area contributed by atoms with Crippen LogP contribution in [0.2, 0.25) is 0 Å². The molecule has 0 radical (unpaired) electrons. The van der Waals surface area contributed by atoms with Crippen LogP contribution in [0.15, 0.2) is 48.5 Å². The van der Waals surface area contributed by atoms with Crippen LogP contribution < -0.4 is 5.32 Å². The second-order valence-corrected chi connectivity index (χ2v) is 6.22. The number of amides is 1. The van der Waals surface area contributed by atoms with Crippen LogP contribution in [0, 0.1) is 0 Å². The summed E-state index contributed by atoms with van der Waals surface area (Å²) in [7, 11) is 0. The van der Waals surface area contributed by atoms with Gasteiger partial charge in [0.15, 0.2) is 0 Å². The minimum Gasteiger partial charge on any atom is -0.326 e. The highest BCUT2D eigenvalue weighted by atomic mass is 35.5. The van der Waals surface area contributed by atoms with Gasteiger partial charge in [-0.05, 0) is 35.9 Å². The number of anilines is 1. The maximum absolute atomic E-state index is 11.0. The van der Waals surface area contributed by atoms with Crippen molar-refractivity contribution in [3.63, 3.8) is 0 Å². The largest absolute Gasteiger partial charge is 0.326 e. The van der Waals surface area contributed by atoms with Gasteiger partial charge in [-0.15, -0.1) is 11.3 Å². The van der Waals surface area contributed by atoms with Crippen molar-refractivity contribution in [1.29, 1.82) is 0 Å². The zero-order valence-corrected chi connectivity index (χ0v) is 13.4. The Morgan fingerprint density at radius 1 is 1.18 bits per heavy atom. The lowest BCUT2D eigenvalue weighted by Crippen LogP contribution is -2.05. The molecule has 3 nitrogen and oxygen atoms in total. The summed E-state index contributed by atoms with van der Waals surface area (Å²) in [6.07, 6.45) is 1.87. The van der Waals surface area contributed by atoms with Crippen molar-refractivity contribution in [2.45, 2.75) is 6.92 Å². The summed E-state index contributed by atoms with van der Waals surface area (Å²) < 4.78 is 1.12. The second kappa shape index (κ2) is 6.30. The molecule has 3 rings (SSSR count). The van der Waals surface area contributed by atoms with Crippen LogP contribution in [-0.4, -0.2) is 10.9 Å².